The number of aromatic nitrogens is 4. The number of carbonyl (C=O) groups is 1. The van der Waals surface area contributed by atoms with E-state index in [1.807, 2.05) is 25.4 Å². The van der Waals surface area contributed by atoms with E-state index < -0.39 is 0 Å². The standard InChI is InChI=1S/C16H23N5O/c1-11(2)9-13(15-17-10-18-20(15)3)19-16(22)14-5-4-8-21(14)12-6-7-12/h4-5,8,10-13H,6-7,9H2,1-3H3,(H,19,22)/t13-/m0/s1. The molecule has 1 saturated carbocycles. The first-order chi connectivity index (χ1) is 10.6. The van der Waals surface area contributed by atoms with Crippen LogP contribution in [0.1, 0.15) is 61.5 Å². The quantitative estimate of drug-likeness (QED) is 0.891. The van der Waals surface area contributed by atoms with E-state index in [2.05, 4.69) is 33.8 Å². The van der Waals surface area contributed by atoms with Crippen molar-refractivity contribution in [1.82, 2.24) is 24.6 Å². The van der Waals surface area contributed by atoms with Crippen LogP contribution in [0, 0.1) is 5.92 Å². The van der Waals surface area contributed by atoms with E-state index in [0.29, 0.717) is 12.0 Å². The van der Waals surface area contributed by atoms with Crippen LogP contribution in [0.5, 0.6) is 0 Å². The van der Waals surface area contributed by atoms with E-state index in [9.17, 15) is 4.79 Å². The molecule has 0 aromatic carbocycles. The molecule has 118 valence electrons. The van der Waals surface area contributed by atoms with Crippen molar-refractivity contribution in [2.24, 2.45) is 13.0 Å². The van der Waals surface area contributed by atoms with Crippen LogP contribution in [0.25, 0.3) is 0 Å². The summed E-state index contributed by atoms with van der Waals surface area (Å²) in [5.41, 5.74) is 0.735. The molecule has 2 aromatic rings. The van der Waals surface area contributed by atoms with Crippen LogP contribution in [0.3, 0.4) is 0 Å². The zero-order chi connectivity index (χ0) is 15.7. The summed E-state index contributed by atoms with van der Waals surface area (Å²) >= 11 is 0. The predicted octanol–water partition coefficient (Wildman–Crippen LogP) is 2.47. The van der Waals surface area contributed by atoms with Crippen molar-refractivity contribution in [3.8, 4) is 0 Å². The maximum absolute atomic E-state index is 12.7. The molecule has 6 nitrogen and oxygen atoms in total. The summed E-state index contributed by atoms with van der Waals surface area (Å²) in [6.07, 6.45) is 6.68. The normalized spacial score (nSPS) is 16.0. The van der Waals surface area contributed by atoms with Crippen molar-refractivity contribution >= 4 is 5.91 Å². The highest BCUT2D eigenvalue weighted by molar-refractivity contribution is 5.93. The molecule has 0 spiro atoms. The van der Waals surface area contributed by atoms with Crippen molar-refractivity contribution < 1.29 is 4.79 Å². The number of amides is 1. The lowest BCUT2D eigenvalue weighted by Crippen LogP contribution is -2.32. The van der Waals surface area contributed by atoms with Crippen LogP contribution >= 0.6 is 0 Å². The third-order valence-corrected chi connectivity index (χ3v) is 4.02. The summed E-state index contributed by atoms with van der Waals surface area (Å²) in [4.78, 5) is 17.0. The second-order valence-corrected chi connectivity index (χ2v) is 6.43. The van der Waals surface area contributed by atoms with Gasteiger partial charge in [0.2, 0.25) is 0 Å². The van der Waals surface area contributed by atoms with Crippen LogP contribution in [-0.4, -0.2) is 25.2 Å². The number of nitrogens with zero attached hydrogens (tertiary/aromatic N) is 4. The highest BCUT2D eigenvalue weighted by Gasteiger charge is 2.28. The average molecular weight is 301 g/mol. The average Bonchev–Trinajstić information content (AvgIpc) is 3.02. The van der Waals surface area contributed by atoms with Crippen LogP contribution in [0.15, 0.2) is 24.7 Å². The van der Waals surface area contributed by atoms with Crippen molar-refractivity contribution in [2.45, 2.75) is 45.2 Å². The Morgan fingerprint density at radius 3 is 2.82 bits per heavy atom. The fourth-order valence-electron chi connectivity index (χ4n) is 2.81. The second kappa shape index (κ2) is 5.94. The van der Waals surface area contributed by atoms with Gasteiger partial charge in [0.1, 0.15) is 17.8 Å². The number of rotatable bonds is 6. The third-order valence-electron chi connectivity index (χ3n) is 4.02. The minimum atomic E-state index is -0.123. The van der Waals surface area contributed by atoms with E-state index in [0.717, 1.165) is 30.8 Å². The second-order valence-electron chi connectivity index (χ2n) is 6.43. The topological polar surface area (TPSA) is 64.7 Å². The first-order valence-electron chi connectivity index (χ1n) is 7.88. The number of hydrogen-bond acceptors (Lipinski definition) is 3. The SMILES string of the molecule is CC(C)C[C@H](NC(=O)c1cccn1C1CC1)c1ncnn1C. The summed E-state index contributed by atoms with van der Waals surface area (Å²) in [6, 6.07) is 4.20. The van der Waals surface area contributed by atoms with Gasteiger partial charge in [0, 0.05) is 19.3 Å². The Hall–Kier alpha value is -2.11. The molecule has 0 aliphatic heterocycles. The molecule has 2 heterocycles. The van der Waals surface area contributed by atoms with Crippen molar-refractivity contribution in [3.05, 3.63) is 36.2 Å². The molecule has 0 saturated heterocycles. The molecule has 1 N–H and O–H groups in total. The first kappa shape index (κ1) is 14.8. The van der Waals surface area contributed by atoms with Gasteiger partial charge in [-0.3, -0.25) is 9.48 Å². The van der Waals surface area contributed by atoms with Crippen LogP contribution < -0.4 is 5.32 Å². The molecule has 1 fully saturated rings. The van der Waals surface area contributed by atoms with Gasteiger partial charge in [0.25, 0.3) is 5.91 Å². The molecular weight excluding hydrogens is 278 g/mol. The van der Waals surface area contributed by atoms with Gasteiger partial charge < -0.3 is 9.88 Å². The van der Waals surface area contributed by atoms with E-state index in [1.165, 1.54) is 6.33 Å². The van der Waals surface area contributed by atoms with E-state index in [-0.39, 0.29) is 11.9 Å². The lowest BCUT2D eigenvalue weighted by molar-refractivity contribution is 0.0919. The lowest BCUT2D eigenvalue weighted by atomic mass is 10.0. The fourth-order valence-corrected chi connectivity index (χ4v) is 2.81. The highest BCUT2D eigenvalue weighted by atomic mass is 16.2. The molecule has 1 atom stereocenters. The Balaban J connectivity index is 1.79. The van der Waals surface area contributed by atoms with Gasteiger partial charge >= 0.3 is 0 Å². The Bertz CT molecular complexity index is 653. The number of nitrogens with one attached hydrogen (secondary N) is 1. The van der Waals surface area contributed by atoms with Crippen molar-refractivity contribution in [1.29, 1.82) is 0 Å². The van der Waals surface area contributed by atoms with Crippen LogP contribution in [0.2, 0.25) is 0 Å². The van der Waals surface area contributed by atoms with Gasteiger partial charge in [0.15, 0.2) is 0 Å². The molecular formula is C16H23N5O. The first-order valence-corrected chi connectivity index (χ1v) is 7.88. The smallest absolute Gasteiger partial charge is 0.268 e. The van der Waals surface area contributed by atoms with Crippen molar-refractivity contribution in [2.75, 3.05) is 0 Å². The summed E-state index contributed by atoms with van der Waals surface area (Å²) in [5.74, 6) is 1.22. The van der Waals surface area contributed by atoms with Gasteiger partial charge in [-0.25, -0.2) is 4.98 Å². The van der Waals surface area contributed by atoms with E-state index >= 15 is 0 Å². The lowest BCUT2D eigenvalue weighted by Gasteiger charge is -2.20. The van der Waals surface area contributed by atoms with Gasteiger partial charge in [-0.1, -0.05) is 13.8 Å². The molecule has 22 heavy (non-hydrogen) atoms. The largest absolute Gasteiger partial charge is 0.341 e. The maximum atomic E-state index is 12.7. The summed E-state index contributed by atoms with van der Waals surface area (Å²) in [7, 11) is 1.86. The zero-order valence-corrected chi connectivity index (χ0v) is 13.4. The van der Waals surface area contributed by atoms with Crippen LogP contribution in [0.4, 0.5) is 0 Å². The molecule has 0 radical (unpaired) electrons. The Morgan fingerprint density at radius 2 is 2.23 bits per heavy atom. The Labute approximate surface area is 130 Å². The summed E-state index contributed by atoms with van der Waals surface area (Å²) in [5, 5.41) is 7.25. The predicted molar refractivity (Wildman–Crippen MR) is 83.4 cm³/mol. The summed E-state index contributed by atoms with van der Waals surface area (Å²) in [6.45, 7) is 4.28. The number of hydrogen-bond donors (Lipinski definition) is 1. The van der Waals surface area contributed by atoms with Gasteiger partial charge in [-0.2, -0.15) is 5.10 Å². The highest BCUT2D eigenvalue weighted by Crippen LogP contribution is 2.36. The van der Waals surface area contributed by atoms with E-state index in [1.54, 1.807) is 4.68 Å². The molecule has 2 aromatic heterocycles. The fraction of sp³-hybridized carbons (Fsp3) is 0.562. The van der Waals surface area contributed by atoms with E-state index in [4.69, 9.17) is 0 Å². The molecule has 3 rings (SSSR count). The monoisotopic (exact) mass is 301 g/mol. The number of aryl methyl sites for hydroxylation is 1. The molecule has 1 amide bonds. The molecule has 0 unspecified atom stereocenters. The van der Waals surface area contributed by atoms with Gasteiger partial charge in [-0.05, 0) is 37.3 Å². The maximum Gasteiger partial charge on any atom is 0.268 e. The van der Waals surface area contributed by atoms with Crippen molar-refractivity contribution in [3.63, 3.8) is 0 Å². The van der Waals surface area contributed by atoms with Crippen LogP contribution in [-0.2, 0) is 7.05 Å². The molecule has 1 aliphatic rings. The zero-order valence-electron chi connectivity index (χ0n) is 13.4. The summed E-state index contributed by atoms with van der Waals surface area (Å²) < 4.78 is 3.81. The third kappa shape index (κ3) is 3.05. The number of carbonyl (C=O) groups excluding carboxylic acids is 1. The minimum Gasteiger partial charge on any atom is -0.341 e. The van der Waals surface area contributed by atoms with Gasteiger partial charge in [-0.15, -0.1) is 0 Å². The molecule has 0 bridgehead atoms. The van der Waals surface area contributed by atoms with Gasteiger partial charge in [0.05, 0.1) is 6.04 Å². The molecule has 6 heteroatoms. The Kier molecular flexibility index (Phi) is 4.00. The Morgan fingerprint density at radius 1 is 1.45 bits per heavy atom. The molecule has 1 aliphatic carbocycles. The minimum absolute atomic E-state index is 0.0365.